The predicted octanol–water partition coefficient (Wildman–Crippen LogP) is -12.9. The molecule has 75 valence electrons. The van der Waals surface area contributed by atoms with E-state index in [-0.39, 0.29) is 90.0 Å². The Balaban J connectivity index is 0. The third kappa shape index (κ3) is 233. The summed E-state index contributed by atoms with van der Waals surface area (Å²) in [6.07, 6.45) is 0. The van der Waals surface area contributed by atoms with Crippen LogP contribution in [0.3, 0.4) is 0 Å². The zero-order chi connectivity index (χ0) is 0. The van der Waals surface area contributed by atoms with Crippen molar-refractivity contribution in [2.45, 2.75) is 0 Å². The zero-order valence-corrected chi connectivity index (χ0v) is 8.78. The Hall–Kier alpha value is 1.52. The Bertz CT molecular complexity index is 16.5. The molecule has 0 heterocycles. The van der Waals surface area contributed by atoms with Crippen molar-refractivity contribution in [3.63, 3.8) is 0 Å². The summed E-state index contributed by atoms with van der Waals surface area (Å²) < 4.78 is 0. The van der Waals surface area contributed by atoms with Crippen LogP contribution in [0.2, 0.25) is 0 Å². The third-order valence-electron chi connectivity index (χ3n) is 0. The number of rotatable bonds is 0. The van der Waals surface area contributed by atoms with Gasteiger partial charge in [0, 0.05) is 17.1 Å². The van der Waals surface area contributed by atoms with Gasteiger partial charge in [0.2, 0.25) is 0 Å². The molecule has 0 fully saturated rings. The molecule has 0 aliphatic carbocycles. The van der Waals surface area contributed by atoms with Gasteiger partial charge in [0.25, 0.3) is 0 Å². The van der Waals surface area contributed by atoms with Gasteiger partial charge in [-0.3, -0.25) is 0 Å². The summed E-state index contributed by atoms with van der Waals surface area (Å²) >= 11 is 0. The van der Waals surface area contributed by atoms with E-state index >= 15 is 0 Å². The monoisotopic (exact) mass is 275 g/mol. The average Bonchev–Trinajstić information content (AvgIpc) is 0. The van der Waals surface area contributed by atoms with Crippen molar-refractivity contribution in [3.05, 3.63) is 0 Å². The van der Waals surface area contributed by atoms with Crippen molar-refractivity contribution >= 4 is 0 Å². The largest absolute Gasteiger partial charge is 1.00 e. The first-order chi connectivity index (χ1) is 0. The fourth-order valence-corrected chi connectivity index (χ4v) is 0. The van der Waals surface area contributed by atoms with E-state index in [9.17, 15) is 0 Å². The van der Waals surface area contributed by atoms with Crippen LogP contribution in [0.5, 0.6) is 0 Å². The van der Waals surface area contributed by atoms with Crippen molar-refractivity contribution in [1.82, 2.24) is 12.3 Å². The summed E-state index contributed by atoms with van der Waals surface area (Å²) in [4.78, 5) is 0. The van der Waals surface area contributed by atoms with Crippen LogP contribution >= 0.6 is 0 Å². The maximum Gasteiger partial charge on any atom is 0 e. The van der Waals surface area contributed by atoms with Crippen molar-refractivity contribution in [1.29, 1.82) is 0 Å². The molecule has 0 aromatic carbocycles. The average molecular weight is 277 g/mol. The summed E-state index contributed by atoms with van der Waals surface area (Å²) in [5, 5.41) is 0. The van der Waals surface area contributed by atoms with E-state index in [1.807, 2.05) is 0 Å². The Kier molecular flexibility index (Phi) is 13700. The van der Waals surface area contributed by atoms with E-state index in [1.54, 1.807) is 0 Å². The second kappa shape index (κ2) is 299. The molecule has 0 amide bonds. The van der Waals surface area contributed by atoms with E-state index < -0.39 is 0 Å². The van der Waals surface area contributed by atoms with Gasteiger partial charge in [0.05, 0.1) is 0 Å². The molecule has 1 radical (unpaired) electrons. The molecular formula is H12Cl4CuN2O2-2. The Morgan fingerprint density at radius 1 is 0.444 bits per heavy atom. The molecule has 0 aliphatic heterocycles. The minimum Gasteiger partial charge on any atom is -1.00 e. The van der Waals surface area contributed by atoms with E-state index in [1.165, 1.54) is 0 Å². The smallest absolute Gasteiger partial charge is 0 e. The van der Waals surface area contributed by atoms with Crippen LogP contribution < -0.4 is 61.9 Å². The molecular weight excluding hydrogens is 265 g/mol. The van der Waals surface area contributed by atoms with Gasteiger partial charge in [-0.1, -0.05) is 0 Å². The molecule has 12 N–H and O–H groups in total. The van der Waals surface area contributed by atoms with Gasteiger partial charge >= 0.3 is 0 Å². The molecule has 0 saturated heterocycles. The second-order valence-electron chi connectivity index (χ2n) is 0. The Morgan fingerprint density at radius 3 is 0.444 bits per heavy atom. The van der Waals surface area contributed by atoms with Crippen molar-refractivity contribution in [2.24, 2.45) is 0 Å². The molecule has 0 aliphatic rings. The summed E-state index contributed by atoms with van der Waals surface area (Å²) in [6.45, 7) is 0. The molecule has 0 bridgehead atoms. The number of halogens is 4. The Labute approximate surface area is 89.8 Å². The molecule has 4 nitrogen and oxygen atoms in total. The fourth-order valence-electron chi connectivity index (χ4n) is 0. The molecule has 0 aromatic rings. The molecule has 9 heavy (non-hydrogen) atoms. The minimum atomic E-state index is 0. The summed E-state index contributed by atoms with van der Waals surface area (Å²) in [5.74, 6) is 0. The molecule has 0 atom stereocenters. The minimum absolute atomic E-state index is 0. The fraction of sp³-hybridized carbons (Fsp3) is 0. The standard InChI is InChI=1S/4ClH.Cu.2H3N.2H2O/h4*1H;;2*1H3;2*1H2/p-2. The predicted molar refractivity (Wildman–Crippen MR) is 19.2 cm³/mol. The SMILES string of the molecule is O.O.[Cl-].[Cl-].[Cl-].[Cl-].[Cu].[NH4+].[NH4+]. The van der Waals surface area contributed by atoms with Crippen LogP contribution in [0.1, 0.15) is 0 Å². The van der Waals surface area contributed by atoms with Crippen molar-refractivity contribution < 1.29 is 77.6 Å². The topological polar surface area (TPSA) is 136 Å². The summed E-state index contributed by atoms with van der Waals surface area (Å²) in [5.41, 5.74) is 0. The normalized spacial score (nSPS) is 0. The quantitative estimate of drug-likeness (QED) is 0.407. The van der Waals surface area contributed by atoms with Crippen LogP contribution in [-0.2, 0) is 17.1 Å². The Morgan fingerprint density at radius 2 is 0.444 bits per heavy atom. The molecule has 0 rings (SSSR count). The van der Waals surface area contributed by atoms with Crippen LogP contribution in [0.25, 0.3) is 0 Å². The van der Waals surface area contributed by atoms with Gasteiger partial charge in [-0.25, -0.2) is 0 Å². The first-order valence-corrected chi connectivity index (χ1v) is 0. The molecule has 0 spiro atoms. The van der Waals surface area contributed by atoms with Gasteiger partial charge in [-0.15, -0.1) is 0 Å². The van der Waals surface area contributed by atoms with Gasteiger partial charge < -0.3 is 72.9 Å². The third-order valence-corrected chi connectivity index (χ3v) is 0. The molecule has 9 heteroatoms. The number of quaternary nitrogens is 2. The van der Waals surface area contributed by atoms with E-state index in [0.717, 1.165) is 0 Å². The van der Waals surface area contributed by atoms with Crippen LogP contribution in [0.15, 0.2) is 0 Å². The van der Waals surface area contributed by atoms with Gasteiger partial charge in [-0.05, 0) is 0 Å². The molecule has 0 unspecified atom stereocenters. The van der Waals surface area contributed by atoms with Crippen molar-refractivity contribution in [3.8, 4) is 0 Å². The first kappa shape index (κ1) is 413. The van der Waals surface area contributed by atoms with Gasteiger partial charge in [-0.2, -0.15) is 0 Å². The molecule has 0 aromatic heterocycles. The van der Waals surface area contributed by atoms with Crippen molar-refractivity contribution in [2.75, 3.05) is 0 Å². The van der Waals surface area contributed by atoms with E-state index in [4.69, 9.17) is 0 Å². The first-order valence-electron chi connectivity index (χ1n) is 0. The van der Waals surface area contributed by atoms with E-state index in [0.29, 0.717) is 0 Å². The number of hydrogen-bond acceptors (Lipinski definition) is 0. The van der Waals surface area contributed by atoms with Crippen LogP contribution in [0, 0.1) is 0 Å². The van der Waals surface area contributed by atoms with E-state index in [2.05, 4.69) is 0 Å². The van der Waals surface area contributed by atoms with Crippen LogP contribution in [0.4, 0.5) is 0 Å². The van der Waals surface area contributed by atoms with Crippen LogP contribution in [-0.4, -0.2) is 11.0 Å². The zero-order valence-electron chi connectivity index (χ0n) is 4.81. The van der Waals surface area contributed by atoms with Gasteiger partial charge in [0.15, 0.2) is 0 Å². The molecule has 0 saturated carbocycles. The summed E-state index contributed by atoms with van der Waals surface area (Å²) in [6, 6.07) is 0. The second-order valence-corrected chi connectivity index (χ2v) is 0. The van der Waals surface area contributed by atoms with Gasteiger partial charge in [0.1, 0.15) is 0 Å². The number of hydrogen-bond donors (Lipinski definition) is 2. The summed E-state index contributed by atoms with van der Waals surface area (Å²) in [7, 11) is 0. The maximum absolute atomic E-state index is 0. The maximum atomic E-state index is 0.